The third kappa shape index (κ3) is 3.89. The van der Waals surface area contributed by atoms with Crippen molar-refractivity contribution >= 4 is 11.7 Å². The molecule has 0 unspecified atom stereocenters. The van der Waals surface area contributed by atoms with Gasteiger partial charge in [0.25, 0.3) is 0 Å². The van der Waals surface area contributed by atoms with Crippen molar-refractivity contribution in [1.29, 1.82) is 0 Å². The molecule has 1 aromatic carbocycles. The summed E-state index contributed by atoms with van der Waals surface area (Å²) in [6, 6.07) is 9.43. The van der Waals surface area contributed by atoms with Gasteiger partial charge in [-0.2, -0.15) is 0 Å². The number of nitrogens with one attached hydrogen (secondary N) is 1. The Morgan fingerprint density at radius 3 is 2.78 bits per heavy atom. The van der Waals surface area contributed by atoms with Gasteiger partial charge in [-0.05, 0) is 31.9 Å². The largest absolute Gasteiger partial charge is 0.507 e. The second kappa shape index (κ2) is 7.55. The number of carbonyl (C=O) groups excluding carboxylic acids is 1. The molecule has 1 atom stereocenters. The number of hydrogen-bond donors (Lipinski definition) is 2. The quantitative estimate of drug-likeness (QED) is 0.848. The molecular weight excluding hydrogens is 340 g/mol. The molecule has 0 spiro atoms. The number of anilines is 1. The maximum Gasteiger partial charge on any atom is 0.223 e. The summed E-state index contributed by atoms with van der Waals surface area (Å²) in [6.45, 7) is 3.47. The minimum absolute atomic E-state index is 0.169. The molecule has 2 N–H and O–H groups in total. The maximum atomic E-state index is 12.4. The van der Waals surface area contributed by atoms with Crippen molar-refractivity contribution in [2.75, 3.05) is 18.4 Å². The van der Waals surface area contributed by atoms with Crippen LogP contribution in [0.1, 0.15) is 37.8 Å². The van der Waals surface area contributed by atoms with E-state index in [-0.39, 0.29) is 5.75 Å². The second-order valence-electron chi connectivity index (χ2n) is 7.67. The molecule has 2 heterocycles. The number of likely N-dealkylation sites (tertiary alicyclic amines) is 1. The second-order valence-corrected chi connectivity index (χ2v) is 7.67. The molecule has 6 heteroatoms. The lowest BCUT2D eigenvalue weighted by molar-refractivity contribution is -0.129. The molecule has 1 aromatic heterocycles. The zero-order valence-corrected chi connectivity index (χ0v) is 15.7. The van der Waals surface area contributed by atoms with E-state index < -0.39 is 0 Å². The molecule has 1 saturated heterocycles. The van der Waals surface area contributed by atoms with E-state index in [1.165, 1.54) is 12.8 Å². The van der Waals surface area contributed by atoms with Crippen molar-refractivity contribution in [3.05, 3.63) is 36.0 Å². The number of aryl methyl sites for hydroxylation is 1. The molecule has 0 radical (unpaired) electrons. The van der Waals surface area contributed by atoms with Crippen LogP contribution in [0.15, 0.2) is 30.3 Å². The van der Waals surface area contributed by atoms with Gasteiger partial charge in [-0.25, -0.2) is 9.97 Å². The number of nitrogens with zero attached hydrogens (tertiary/aromatic N) is 3. The smallest absolute Gasteiger partial charge is 0.223 e. The van der Waals surface area contributed by atoms with E-state index in [1.54, 1.807) is 12.1 Å². The first-order valence-corrected chi connectivity index (χ1v) is 9.77. The predicted molar refractivity (Wildman–Crippen MR) is 104 cm³/mol. The lowest BCUT2D eigenvalue weighted by Crippen LogP contribution is -2.34. The Labute approximate surface area is 159 Å². The lowest BCUT2D eigenvalue weighted by atomic mass is 10.1. The van der Waals surface area contributed by atoms with Gasteiger partial charge in [-0.1, -0.05) is 25.0 Å². The van der Waals surface area contributed by atoms with Gasteiger partial charge in [0.2, 0.25) is 5.91 Å². The average molecular weight is 366 g/mol. The zero-order chi connectivity index (χ0) is 18.8. The first kappa shape index (κ1) is 17.8. The van der Waals surface area contributed by atoms with Crippen LogP contribution in [0.5, 0.6) is 5.75 Å². The van der Waals surface area contributed by atoms with E-state index in [0.717, 1.165) is 30.9 Å². The highest BCUT2D eigenvalue weighted by Gasteiger charge is 2.35. The number of rotatable bonds is 5. The Morgan fingerprint density at radius 2 is 2.00 bits per heavy atom. The Hall–Kier alpha value is -2.63. The third-order valence-corrected chi connectivity index (χ3v) is 5.58. The van der Waals surface area contributed by atoms with Crippen LogP contribution in [0.4, 0.5) is 5.82 Å². The summed E-state index contributed by atoms with van der Waals surface area (Å²) in [5, 5.41) is 13.4. The van der Waals surface area contributed by atoms with Crippen LogP contribution < -0.4 is 5.32 Å². The predicted octanol–water partition coefficient (Wildman–Crippen LogP) is 3.36. The third-order valence-electron chi connectivity index (χ3n) is 5.58. The van der Waals surface area contributed by atoms with Crippen LogP contribution >= 0.6 is 0 Å². The van der Waals surface area contributed by atoms with Gasteiger partial charge in [0.1, 0.15) is 11.6 Å². The first-order valence-electron chi connectivity index (χ1n) is 9.77. The molecule has 2 aliphatic rings. The van der Waals surface area contributed by atoms with Gasteiger partial charge in [0.15, 0.2) is 5.82 Å². The SMILES string of the molecule is Cc1cc(NC[C@H]2CC(=O)N(C3CCCC3)C2)nc(-c2ccccc2O)n1. The van der Waals surface area contributed by atoms with Gasteiger partial charge in [0, 0.05) is 43.2 Å². The van der Waals surface area contributed by atoms with E-state index in [1.807, 2.05) is 25.1 Å². The van der Waals surface area contributed by atoms with Crippen molar-refractivity contribution in [2.45, 2.75) is 45.1 Å². The maximum absolute atomic E-state index is 12.4. The summed E-state index contributed by atoms with van der Waals surface area (Å²) in [7, 11) is 0. The van der Waals surface area contributed by atoms with Crippen LogP contribution in [-0.4, -0.2) is 45.0 Å². The summed E-state index contributed by atoms with van der Waals surface area (Å²) in [5.74, 6) is 2.00. The number of amides is 1. The topological polar surface area (TPSA) is 78.4 Å². The fraction of sp³-hybridized carbons (Fsp3) is 0.476. The molecule has 1 saturated carbocycles. The van der Waals surface area contributed by atoms with Crippen LogP contribution in [0.3, 0.4) is 0 Å². The van der Waals surface area contributed by atoms with E-state index >= 15 is 0 Å². The number of phenols is 1. The normalized spacial score (nSPS) is 20.4. The molecule has 1 amide bonds. The minimum Gasteiger partial charge on any atom is -0.507 e. The highest BCUT2D eigenvalue weighted by Crippen LogP contribution is 2.30. The fourth-order valence-electron chi connectivity index (χ4n) is 4.21. The van der Waals surface area contributed by atoms with Crippen molar-refractivity contribution < 1.29 is 9.90 Å². The average Bonchev–Trinajstić information content (AvgIpc) is 3.29. The summed E-state index contributed by atoms with van der Waals surface area (Å²) in [4.78, 5) is 23.5. The summed E-state index contributed by atoms with van der Waals surface area (Å²) < 4.78 is 0. The monoisotopic (exact) mass is 366 g/mol. The van der Waals surface area contributed by atoms with E-state index in [9.17, 15) is 9.90 Å². The fourth-order valence-corrected chi connectivity index (χ4v) is 4.21. The van der Waals surface area contributed by atoms with Gasteiger partial charge in [-0.3, -0.25) is 4.79 Å². The molecule has 2 aromatic rings. The van der Waals surface area contributed by atoms with Gasteiger partial charge in [-0.15, -0.1) is 0 Å². The molecule has 27 heavy (non-hydrogen) atoms. The lowest BCUT2D eigenvalue weighted by Gasteiger charge is -2.24. The van der Waals surface area contributed by atoms with E-state index in [4.69, 9.17) is 0 Å². The van der Waals surface area contributed by atoms with Gasteiger partial charge < -0.3 is 15.3 Å². The van der Waals surface area contributed by atoms with Gasteiger partial charge >= 0.3 is 0 Å². The molecule has 4 rings (SSSR count). The minimum atomic E-state index is 0.169. The van der Waals surface area contributed by atoms with Crippen molar-refractivity contribution in [3.63, 3.8) is 0 Å². The molecule has 2 fully saturated rings. The van der Waals surface area contributed by atoms with Crippen molar-refractivity contribution in [2.24, 2.45) is 5.92 Å². The molecule has 1 aliphatic heterocycles. The van der Waals surface area contributed by atoms with Crippen molar-refractivity contribution in [1.82, 2.24) is 14.9 Å². The summed E-state index contributed by atoms with van der Waals surface area (Å²) in [6.07, 6.45) is 5.40. The Kier molecular flexibility index (Phi) is 4.97. The Morgan fingerprint density at radius 1 is 1.22 bits per heavy atom. The Balaban J connectivity index is 1.43. The molecular formula is C21H26N4O2. The number of phenolic OH excluding ortho intramolecular Hbond substituents is 1. The molecule has 0 bridgehead atoms. The highest BCUT2D eigenvalue weighted by molar-refractivity contribution is 5.79. The van der Waals surface area contributed by atoms with Gasteiger partial charge in [0.05, 0.1) is 5.56 Å². The van der Waals surface area contributed by atoms with E-state index in [2.05, 4.69) is 20.2 Å². The van der Waals surface area contributed by atoms with Crippen LogP contribution in [0.2, 0.25) is 0 Å². The van der Waals surface area contributed by atoms with E-state index in [0.29, 0.717) is 42.2 Å². The first-order chi connectivity index (χ1) is 13.1. The highest BCUT2D eigenvalue weighted by atomic mass is 16.3. The van der Waals surface area contributed by atoms with Crippen LogP contribution in [0, 0.1) is 12.8 Å². The zero-order valence-electron chi connectivity index (χ0n) is 15.7. The molecule has 1 aliphatic carbocycles. The Bertz CT molecular complexity index is 833. The standard InChI is InChI=1S/C21H26N4O2/c1-14-10-19(24-21(23-14)17-8-4-5-9-18(17)26)22-12-15-11-20(27)25(13-15)16-6-2-3-7-16/h4-5,8-10,15-16,26H,2-3,6-7,11-13H2,1H3,(H,22,23,24)/t15-/m1/s1. The number of hydrogen-bond acceptors (Lipinski definition) is 5. The van der Waals surface area contributed by atoms with Crippen LogP contribution in [-0.2, 0) is 4.79 Å². The summed E-state index contributed by atoms with van der Waals surface area (Å²) >= 11 is 0. The molecule has 142 valence electrons. The number of carbonyl (C=O) groups is 1. The van der Waals surface area contributed by atoms with Crippen molar-refractivity contribution in [3.8, 4) is 17.1 Å². The number of para-hydroxylation sites is 1. The van der Waals surface area contributed by atoms with Crippen LogP contribution in [0.25, 0.3) is 11.4 Å². The number of aromatic hydroxyl groups is 1. The number of benzene rings is 1. The molecule has 6 nitrogen and oxygen atoms in total. The summed E-state index contributed by atoms with van der Waals surface area (Å²) in [5.41, 5.74) is 1.45. The number of aromatic nitrogens is 2.